The van der Waals surface area contributed by atoms with Crippen LogP contribution in [0.5, 0.6) is 0 Å². The Morgan fingerprint density at radius 3 is 2.55 bits per heavy atom. The molecule has 0 spiro atoms. The summed E-state index contributed by atoms with van der Waals surface area (Å²) in [7, 11) is 0. The lowest BCUT2D eigenvalue weighted by Crippen LogP contribution is -2.57. The molecule has 1 saturated heterocycles. The number of amides is 2. The van der Waals surface area contributed by atoms with E-state index >= 15 is 0 Å². The number of rotatable bonds is 2. The molecular formula is C16H20N2O2. The van der Waals surface area contributed by atoms with E-state index in [0.717, 1.165) is 24.8 Å². The van der Waals surface area contributed by atoms with Crippen LogP contribution in [0.1, 0.15) is 37.8 Å². The first-order valence-corrected chi connectivity index (χ1v) is 7.31. The van der Waals surface area contributed by atoms with E-state index in [-0.39, 0.29) is 24.4 Å². The van der Waals surface area contributed by atoms with Crippen LogP contribution in [0.3, 0.4) is 0 Å². The summed E-state index contributed by atoms with van der Waals surface area (Å²) in [6, 6.07) is 9.19. The highest BCUT2D eigenvalue weighted by Crippen LogP contribution is 2.32. The van der Waals surface area contributed by atoms with Gasteiger partial charge < -0.3 is 10.2 Å². The van der Waals surface area contributed by atoms with Crippen molar-refractivity contribution in [2.75, 3.05) is 6.54 Å². The summed E-state index contributed by atoms with van der Waals surface area (Å²) in [5.74, 6) is 0.466. The Balaban J connectivity index is 1.86. The molecule has 4 heteroatoms. The van der Waals surface area contributed by atoms with Gasteiger partial charge in [0.2, 0.25) is 5.91 Å². The summed E-state index contributed by atoms with van der Waals surface area (Å²) >= 11 is 0. The first kappa shape index (κ1) is 13.2. The van der Waals surface area contributed by atoms with Crippen molar-refractivity contribution in [2.45, 2.75) is 38.3 Å². The van der Waals surface area contributed by atoms with Gasteiger partial charge >= 0.3 is 0 Å². The molecule has 4 nitrogen and oxygen atoms in total. The fourth-order valence-corrected chi connectivity index (χ4v) is 3.41. The Morgan fingerprint density at radius 2 is 1.90 bits per heavy atom. The highest BCUT2D eigenvalue weighted by atomic mass is 16.2. The maximum absolute atomic E-state index is 12.7. The van der Waals surface area contributed by atoms with Gasteiger partial charge in [-0.3, -0.25) is 9.59 Å². The smallest absolute Gasteiger partial charge is 0.250 e. The van der Waals surface area contributed by atoms with E-state index < -0.39 is 6.04 Å². The van der Waals surface area contributed by atoms with E-state index in [1.54, 1.807) is 4.90 Å². The van der Waals surface area contributed by atoms with Crippen molar-refractivity contribution in [1.82, 2.24) is 10.2 Å². The van der Waals surface area contributed by atoms with Gasteiger partial charge in [0.1, 0.15) is 6.04 Å². The highest BCUT2D eigenvalue weighted by Gasteiger charge is 2.40. The Morgan fingerprint density at radius 1 is 1.15 bits per heavy atom. The van der Waals surface area contributed by atoms with Crippen LogP contribution in [-0.4, -0.2) is 29.3 Å². The molecule has 20 heavy (non-hydrogen) atoms. The Bertz CT molecular complexity index is 514. The molecule has 3 unspecified atom stereocenters. The minimum absolute atomic E-state index is 0.0366. The van der Waals surface area contributed by atoms with Crippen LogP contribution in [-0.2, 0) is 9.59 Å². The summed E-state index contributed by atoms with van der Waals surface area (Å²) in [6.07, 6.45) is 3.31. The second-order valence-electron chi connectivity index (χ2n) is 5.85. The molecule has 3 rings (SSSR count). The fraction of sp³-hybridized carbons (Fsp3) is 0.500. The molecule has 1 aromatic rings. The molecule has 1 aromatic carbocycles. The van der Waals surface area contributed by atoms with Gasteiger partial charge in [-0.25, -0.2) is 0 Å². The third-order valence-corrected chi connectivity index (χ3v) is 4.50. The van der Waals surface area contributed by atoms with Crippen molar-refractivity contribution in [1.29, 1.82) is 0 Å². The molecule has 3 atom stereocenters. The van der Waals surface area contributed by atoms with Crippen molar-refractivity contribution < 1.29 is 9.59 Å². The van der Waals surface area contributed by atoms with E-state index in [1.807, 2.05) is 30.3 Å². The van der Waals surface area contributed by atoms with Crippen molar-refractivity contribution in [3.63, 3.8) is 0 Å². The van der Waals surface area contributed by atoms with Crippen LogP contribution < -0.4 is 5.32 Å². The largest absolute Gasteiger partial charge is 0.339 e. The average Bonchev–Trinajstić information content (AvgIpc) is 2.88. The highest BCUT2D eigenvalue weighted by molar-refractivity contribution is 5.95. The summed E-state index contributed by atoms with van der Waals surface area (Å²) in [5.41, 5.74) is 0.862. The molecule has 1 aliphatic carbocycles. The fourth-order valence-electron chi connectivity index (χ4n) is 3.41. The second-order valence-corrected chi connectivity index (χ2v) is 5.85. The number of hydrogen-bond acceptors (Lipinski definition) is 2. The molecule has 106 valence electrons. The molecule has 0 bridgehead atoms. The van der Waals surface area contributed by atoms with E-state index in [0.29, 0.717) is 5.92 Å². The van der Waals surface area contributed by atoms with E-state index in [1.165, 1.54) is 0 Å². The van der Waals surface area contributed by atoms with Gasteiger partial charge in [-0.15, -0.1) is 0 Å². The summed E-state index contributed by atoms with van der Waals surface area (Å²) in [5, 5.41) is 2.82. The number of nitrogens with one attached hydrogen (secondary N) is 1. The molecule has 1 saturated carbocycles. The number of carbonyl (C=O) groups is 2. The van der Waals surface area contributed by atoms with Crippen LogP contribution >= 0.6 is 0 Å². The standard InChI is InChI=1S/C16H20N2O2/c1-11-6-5-9-13(11)18-10-14(19)17-15(16(18)20)12-7-3-2-4-8-12/h2-4,7-8,11,13,15H,5-6,9-10H2,1H3,(H,17,19). The summed E-state index contributed by atoms with van der Waals surface area (Å²) < 4.78 is 0. The quantitative estimate of drug-likeness (QED) is 0.893. The molecule has 0 aromatic heterocycles. The number of piperazine rings is 1. The summed E-state index contributed by atoms with van der Waals surface area (Å²) in [6.45, 7) is 2.38. The number of hydrogen-bond donors (Lipinski definition) is 1. The zero-order valence-corrected chi connectivity index (χ0v) is 11.7. The van der Waals surface area contributed by atoms with Crippen molar-refractivity contribution in [2.24, 2.45) is 5.92 Å². The molecule has 1 aliphatic heterocycles. The maximum Gasteiger partial charge on any atom is 0.250 e. The normalized spacial score (nSPS) is 30.4. The van der Waals surface area contributed by atoms with Gasteiger partial charge in [0.25, 0.3) is 5.91 Å². The minimum atomic E-state index is -0.523. The first-order valence-electron chi connectivity index (χ1n) is 7.31. The number of benzene rings is 1. The Kier molecular flexibility index (Phi) is 3.47. The molecule has 1 N–H and O–H groups in total. The topological polar surface area (TPSA) is 49.4 Å². The van der Waals surface area contributed by atoms with E-state index in [2.05, 4.69) is 12.2 Å². The van der Waals surface area contributed by atoms with Gasteiger partial charge in [0, 0.05) is 6.04 Å². The van der Waals surface area contributed by atoms with Crippen LogP contribution in [0.2, 0.25) is 0 Å². The predicted octanol–water partition coefficient (Wildman–Crippen LogP) is 1.87. The molecular weight excluding hydrogens is 252 g/mol. The lowest BCUT2D eigenvalue weighted by Gasteiger charge is -2.38. The van der Waals surface area contributed by atoms with Gasteiger partial charge in [-0.2, -0.15) is 0 Å². The van der Waals surface area contributed by atoms with Gasteiger partial charge in [-0.1, -0.05) is 43.7 Å². The monoisotopic (exact) mass is 272 g/mol. The molecule has 0 radical (unpaired) electrons. The van der Waals surface area contributed by atoms with Crippen molar-refractivity contribution >= 4 is 11.8 Å². The van der Waals surface area contributed by atoms with Crippen molar-refractivity contribution in [3.8, 4) is 0 Å². The van der Waals surface area contributed by atoms with Crippen LogP contribution in [0.4, 0.5) is 0 Å². The lowest BCUT2D eigenvalue weighted by atomic mass is 9.98. The predicted molar refractivity (Wildman–Crippen MR) is 75.8 cm³/mol. The SMILES string of the molecule is CC1CCCC1N1CC(=O)NC(c2ccccc2)C1=O. The molecule has 2 amide bonds. The van der Waals surface area contributed by atoms with Gasteiger partial charge in [0.05, 0.1) is 6.54 Å². The number of nitrogens with zero attached hydrogens (tertiary/aromatic N) is 1. The lowest BCUT2D eigenvalue weighted by molar-refractivity contribution is -0.147. The maximum atomic E-state index is 12.7. The molecule has 1 heterocycles. The second kappa shape index (κ2) is 5.27. The van der Waals surface area contributed by atoms with Gasteiger partial charge in [-0.05, 0) is 24.3 Å². The third-order valence-electron chi connectivity index (χ3n) is 4.50. The van der Waals surface area contributed by atoms with Gasteiger partial charge in [0.15, 0.2) is 0 Å². The molecule has 2 fully saturated rings. The van der Waals surface area contributed by atoms with Crippen LogP contribution in [0.25, 0.3) is 0 Å². The average molecular weight is 272 g/mol. The zero-order valence-electron chi connectivity index (χ0n) is 11.7. The van der Waals surface area contributed by atoms with Crippen LogP contribution in [0.15, 0.2) is 30.3 Å². The number of carbonyl (C=O) groups excluding carboxylic acids is 2. The Hall–Kier alpha value is -1.84. The van der Waals surface area contributed by atoms with Crippen LogP contribution in [0, 0.1) is 5.92 Å². The first-order chi connectivity index (χ1) is 9.66. The summed E-state index contributed by atoms with van der Waals surface area (Å²) in [4.78, 5) is 26.5. The Labute approximate surface area is 119 Å². The molecule has 2 aliphatic rings. The third kappa shape index (κ3) is 2.30. The zero-order chi connectivity index (χ0) is 14.1. The minimum Gasteiger partial charge on any atom is -0.339 e. The van der Waals surface area contributed by atoms with E-state index in [9.17, 15) is 9.59 Å². The van der Waals surface area contributed by atoms with Crippen molar-refractivity contribution in [3.05, 3.63) is 35.9 Å². The van der Waals surface area contributed by atoms with E-state index in [4.69, 9.17) is 0 Å².